The molecule has 0 aliphatic carbocycles. The van der Waals surface area contributed by atoms with Crippen LogP contribution in [0.4, 0.5) is 13.2 Å². The first-order chi connectivity index (χ1) is 9.93. The van der Waals surface area contributed by atoms with Crippen LogP contribution in [0.2, 0.25) is 0 Å². The molecule has 0 fully saturated rings. The van der Waals surface area contributed by atoms with Gasteiger partial charge in [-0.25, -0.2) is 4.39 Å². The largest absolute Gasteiger partial charge is 0.494 e. The maximum atomic E-state index is 13.7. The Morgan fingerprint density at radius 1 is 1.43 bits per heavy atom. The highest BCUT2D eigenvalue weighted by molar-refractivity contribution is 5.85. The lowest BCUT2D eigenvalue weighted by molar-refractivity contribution is -0.131. The van der Waals surface area contributed by atoms with E-state index in [1.807, 2.05) is 0 Å². The van der Waals surface area contributed by atoms with Gasteiger partial charge >= 0.3 is 6.43 Å². The van der Waals surface area contributed by atoms with Gasteiger partial charge in [-0.2, -0.15) is 8.78 Å². The summed E-state index contributed by atoms with van der Waals surface area (Å²) >= 11 is 0. The summed E-state index contributed by atoms with van der Waals surface area (Å²) in [6.45, 7) is 0.0853. The van der Waals surface area contributed by atoms with Crippen molar-refractivity contribution in [2.75, 3.05) is 13.7 Å². The third-order valence-electron chi connectivity index (χ3n) is 3.24. The molecular weight excluding hydrogens is 285 g/mol. The van der Waals surface area contributed by atoms with E-state index in [2.05, 4.69) is 5.32 Å². The number of ether oxygens (including phenoxy) is 1. The number of hydrogen-bond acceptors (Lipinski definition) is 2. The lowest BCUT2D eigenvalue weighted by atomic mass is 10.1. The number of methoxy groups -OCH3 is 1. The monoisotopic (exact) mass is 300 g/mol. The lowest BCUT2D eigenvalue weighted by Gasteiger charge is -2.05. The van der Waals surface area contributed by atoms with Crippen LogP contribution in [0.1, 0.15) is 5.56 Å². The lowest BCUT2D eigenvalue weighted by Crippen LogP contribution is -2.31. The number of rotatable bonds is 5. The second kappa shape index (κ2) is 6.07. The molecule has 1 aromatic carbocycles. The Balaban J connectivity index is 2.22. The molecule has 0 unspecified atom stereocenters. The highest BCUT2D eigenvalue weighted by Gasteiger charge is 2.15. The molecule has 21 heavy (non-hydrogen) atoms. The van der Waals surface area contributed by atoms with E-state index in [0.717, 1.165) is 10.9 Å². The third-order valence-corrected chi connectivity index (χ3v) is 3.24. The number of benzene rings is 1. The van der Waals surface area contributed by atoms with Crippen LogP contribution in [0.3, 0.4) is 0 Å². The Labute approximate surface area is 119 Å². The van der Waals surface area contributed by atoms with Crippen molar-refractivity contribution in [3.63, 3.8) is 0 Å². The predicted octanol–water partition coefficient (Wildman–Crippen LogP) is 2.25. The van der Waals surface area contributed by atoms with Crippen LogP contribution in [0, 0.1) is 5.82 Å². The van der Waals surface area contributed by atoms with Crippen LogP contribution in [-0.4, -0.2) is 30.6 Å². The second-order valence-corrected chi connectivity index (χ2v) is 4.61. The van der Waals surface area contributed by atoms with Crippen molar-refractivity contribution in [3.8, 4) is 5.75 Å². The molecular formula is C14H15F3N2O2. The van der Waals surface area contributed by atoms with Crippen molar-refractivity contribution in [2.45, 2.75) is 12.8 Å². The summed E-state index contributed by atoms with van der Waals surface area (Å²) in [5.74, 6) is -1.64. The van der Waals surface area contributed by atoms with Gasteiger partial charge in [0.2, 0.25) is 0 Å². The Kier molecular flexibility index (Phi) is 4.40. The normalized spacial score (nSPS) is 11.1. The van der Waals surface area contributed by atoms with Gasteiger partial charge in [0.05, 0.1) is 12.6 Å². The van der Waals surface area contributed by atoms with Gasteiger partial charge in [0.15, 0.2) is 11.6 Å². The standard InChI is InChI=1S/C14H15F3N2O2/c1-19-7-8(3-4-18-14(20)13(16)17)9-5-12(21-2)10(15)6-11(9)19/h5-7,13H,3-4H2,1-2H3,(H,18,20). The van der Waals surface area contributed by atoms with Crippen molar-refractivity contribution >= 4 is 16.8 Å². The van der Waals surface area contributed by atoms with Gasteiger partial charge in [0.25, 0.3) is 5.91 Å². The Morgan fingerprint density at radius 3 is 2.76 bits per heavy atom. The Bertz CT molecular complexity index is 668. The minimum Gasteiger partial charge on any atom is -0.494 e. The molecule has 1 aromatic heterocycles. The fourth-order valence-electron chi connectivity index (χ4n) is 2.22. The highest BCUT2D eigenvalue weighted by Crippen LogP contribution is 2.28. The van der Waals surface area contributed by atoms with E-state index >= 15 is 0 Å². The highest BCUT2D eigenvalue weighted by atomic mass is 19.3. The summed E-state index contributed by atoms with van der Waals surface area (Å²) in [6, 6.07) is 2.92. The fraction of sp³-hybridized carbons (Fsp3) is 0.357. The number of hydrogen-bond donors (Lipinski definition) is 1. The molecule has 0 spiro atoms. The molecule has 0 bridgehead atoms. The number of carbonyl (C=O) groups excluding carboxylic acids is 1. The molecule has 0 saturated carbocycles. The molecule has 114 valence electrons. The number of carbonyl (C=O) groups is 1. The number of amides is 1. The molecule has 7 heteroatoms. The molecule has 1 N–H and O–H groups in total. The van der Waals surface area contributed by atoms with E-state index < -0.39 is 18.1 Å². The maximum Gasteiger partial charge on any atom is 0.315 e. The van der Waals surface area contributed by atoms with E-state index in [-0.39, 0.29) is 12.3 Å². The van der Waals surface area contributed by atoms with Crippen LogP contribution in [0.25, 0.3) is 10.9 Å². The first kappa shape index (κ1) is 15.2. The molecule has 1 heterocycles. The molecule has 0 radical (unpaired) electrons. The van der Waals surface area contributed by atoms with Crippen molar-refractivity contribution in [2.24, 2.45) is 7.05 Å². The third kappa shape index (κ3) is 3.12. The van der Waals surface area contributed by atoms with Crippen molar-refractivity contribution < 1.29 is 22.7 Å². The van der Waals surface area contributed by atoms with Crippen molar-refractivity contribution in [1.29, 1.82) is 0 Å². The minimum absolute atomic E-state index is 0.0853. The molecule has 0 aliphatic rings. The minimum atomic E-state index is -3.02. The molecule has 1 amide bonds. The molecule has 0 saturated heterocycles. The van der Waals surface area contributed by atoms with E-state index in [1.54, 1.807) is 23.9 Å². The Morgan fingerprint density at radius 2 is 2.14 bits per heavy atom. The molecule has 2 rings (SSSR count). The average molecular weight is 300 g/mol. The maximum absolute atomic E-state index is 13.7. The van der Waals surface area contributed by atoms with E-state index in [0.29, 0.717) is 11.9 Å². The summed E-state index contributed by atoms with van der Waals surface area (Å²) in [5.41, 5.74) is 1.49. The van der Waals surface area contributed by atoms with Gasteiger partial charge < -0.3 is 14.6 Å². The number of nitrogens with one attached hydrogen (secondary N) is 1. The number of alkyl halides is 2. The topological polar surface area (TPSA) is 43.3 Å². The molecule has 0 aliphatic heterocycles. The summed E-state index contributed by atoms with van der Waals surface area (Å²) in [5, 5.41) is 2.91. The van der Waals surface area contributed by atoms with Crippen LogP contribution in [0.5, 0.6) is 5.75 Å². The summed E-state index contributed by atoms with van der Waals surface area (Å²) in [6.07, 6.45) is -0.880. The average Bonchev–Trinajstić information content (AvgIpc) is 2.74. The quantitative estimate of drug-likeness (QED) is 0.920. The number of aromatic nitrogens is 1. The molecule has 0 atom stereocenters. The van der Waals surface area contributed by atoms with E-state index in [1.165, 1.54) is 13.2 Å². The predicted molar refractivity (Wildman–Crippen MR) is 72.1 cm³/mol. The van der Waals surface area contributed by atoms with Gasteiger partial charge in [-0.3, -0.25) is 4.79 Å². The van der Waals surface area contributed by atoms with Crippen LogP contribution < -0.4 is 10.1 Å². The second-order valence-electron chi connectivity index (χ2n) is 4.61. The van der Waals surface area contributed by atoms with Crippen LogP contribution >= 0.6 is 0 Å². The van der Waals surface area contributed by atoms with Gasteiger partial charge in [-0.05, 0) is 18.1 Å². The van der Waals surface area contributed by atoms with Crippen molar-refractivity contribution in [3.05, 3.63) is 29.7 Å². The van der Waals surface area contributed by atoms with Gasteiger partial charge in [-0.1, -0.05) is 0 Å². The van der Waals surface area contributed by atoms with Crippen LogP contribution in [0.15, 0.2) is 18.3 Å². The van der Waals surface area contributed by atoms with Crippen LogP contribution in [-0.2, 0) is 18.3 Å². The van der Waals surface area contributed by atoms with E-state index in [4.69, 9.17) is 4.74 Å². The summed E-state index contributed by atoms with van der Waals surface area (Å²) in [4.78, 5) is 10.8. The number of aryl methyl sites for hydroxylation is 1. The zero-order chi connectivity index (χ0) is 15.6. The van der Waals surface area contributed by atoms with E-state index in [9.17, 15) is 18.0 Å². The smallest absolute Gasteiger partial charge is 0.315 e. The first-order valence-electron chi connectivity index (χ1n) is 6.31. The molecule has 2 aromatic rings. The zero-order valence-corrected chi connectivity index (χ0v) is 11.6. The first-order valence-corrected chi connectivity index (χ1v) is 6.31. The summed E-state index contributed by atoms with van der Waals surface area (Å²) in [7, 11) is 3.13. The number of nitrogens with zero attached hydrogens (tertiary/aromatic N) is 1. The number of fused-ring (bicyclic) bond motifs is 1. The van der Waals surface area contributed by atoms with Gasteiger partial charge in [0.1, 0.15) is 0 Å². The van der Waals surface area contributed by atoms with Gasteiger partial charge in [-0.15, -0.1) is 0 Å². The SMILES string of the molecule is COc1cc2c(CCNC(=O)C(F)F)cn(C)c2cc1F. The van der Waals surface area contributed by atoms with Gasteiger partial charge in [0, 0.05) is 31.2 Å². The Hall–Kier alpha value is -2.18. The fourth-order valence-corrected chi connectivity index (χ4v) is 2.22. The molecule has 4 nitrogen and oxygen atoms in total. The summed E-state index contributed by atoms with van der Waals surface area (Å²) < 4.78 is 44.5. The zero-order valence-electron chi connectivity index (χ0n) is 11.6. The van der Waals surface area contributed by atoms with Crippen molar-refractivity contribution in [1.82, 2.24) is 9.88 Å². The number of halogens is 3.